The number of nitriles is 1. The summed E-state index contributed by atoms with van der Waals surface area (Å²) in [4.78, 5) is 21.9. The van der Waals surface area contributed by atoms with Crippen LogP contribution in [-0.2, 0) is 6.42 Å². The molecule has 0 fully saturated rings. The van der Waals surface area contributed by atoms with Crippen LogP contribution in [0.15, 0.2) is 55.1 Å². The highest BCUT2D eigenvalue weighted by Crippen LogP contribution is 2.22. The van der Waals surface area contributed by atoms with Crippen LogP contribution in [0.25, 0.3) is 5.65 Å². The zero-order chi connectivity index (χ0) is 17.9. The van der Waals surface area contributed by atoms with Crippen molar-refractivity contribution in [2.45, 2.75) is 6.42 Å². The second kappa shape index (κ2) is 6.74. The zero-order valence-corrected chi connectivity index (χ0v) is 14.3. The van der Waals surface area contributed by atoms with Gasteiger partial charge in [-0.15, -0.1) is 11.3 Å². The van der Waals surface area contributed by atoms with Crippen molar-refractivity contribution >= 4 is 28.0 Å². The fraction of sp³-hybridized carbons (Fsp3) is 0.0556. The van der Waals surface area contributed by atoms with Crippen LogP contribution in [0.5, 0.6) is 0 Å². The predicted molar refractivity (Wildman–Crippen MR) is 97.0 cm³/mol. The summed E-state index contributed by atoms with van der Waals surface area (Å²) in [7, 11) is 0. The molecule has 126 valence electrons. The number of hydrogen-bond donors (Lipinski definition) is 1. The van der Waals surface area contributed by atoms with Crippen molar-refractivity contribution in [3.05, 3.63) is 76.7 Å². The number of amides is 1. The molecule has 1 amide bonds. The van der Waals surface area contributed by atoms with E-state index < -0.39 is 0 Å². The van der Waals surface area contributed by atoms with Gasteiger partial charge in [0.25, 0.3) is 5.91 Å². The Morgan fingerprint density at radius 1 is 1.27 bits per heavy atom. The van der Waals surface area contributed by atoms with Crippen LogP contribution in [0.2, 0.25) is 0 Å². The smallest absolute Gasteiger partial charge is 0.262 e. The maximum atomic E-state index is 12.5. The summed E-state index contributed by atoms with van der Waals surface area (Å²) in [6.45, 7) is 0. The largest absolute Gasteiger partial charge is 0.298 e. The molecule has 4 rings (SSSR count). The number of aromatic nitrogens is 4. The molecule has 0 aliphatic rings. The first-order valence-electron chi connectivity index (χ1n) is 7.76. The first kappa shape index (κ1) is 15.9. The van der Waals surface area contributed by atoms with Gasteiger partial charge in [-0.1, -0.05) is 12.1 Å². The molecule has 3 aromatic heterocycles. The van der Waals surface area contributed by atoms with Crippen molar-refractivity contribution in [2.24, 2.45) is 0 Å². The lowest BCUT2D eigenvalue weighted by molar-refractivity contribution is 0.102. The minimum absolute atomic E-state index is 0.300. The monoisotopic (exact) mass is 360 g/mol. The van der Waals surface area contributed by atoms with Crippen LogP contribution in [0, 0.1) is 11.3 Å². The lowest BCUT2D eigenvalue weighted by atomic mass is 10.1. The Morgan fingerprint density at radius 3 is 3.08 bits per heavy atom. The standard InChI is InChI=1S/C18H12N6OS/c19-9-13-4-1-3-12(7-13)8-14-10-21-18(26-14)23-17(25)15-11-22-24-6-2-5-20-16(15)24/h1-7,10-11H,8H2,(H,21,23,25). The van der Waals surface area contributed by atoms with Gasteiger partial charge in [0.15, 0.2) is 10.8 Å². The summed E-state index contributed by atoms with van der Waals surface area (Å²) in [6, 6.07) is 11.3. The molecule has 1 N–H and O–H groups in total. The molecule has 0 unspecified atom stereocenters. The average molecular weight is 360 g/mol. The summed E-state index contributed by atoms with van der Waals surface area (Å²) in [5.74, 6) is -0.300. The molecule has 0 aliphatic heterocycles. The van der Waals surface area contributed by atoms with Gasteiger partial charge >= 0.3 is 0 Å². The van der Waals surface area contributed by atoms with E-state index in [0.29, 0.717) is 28.3 Å². The van der Waals surface area contributed by atoms with Crippen LogP contribution in [0.1, 0.15) is 26.4 Å². The van der Waals surface area contributed by atoms with E-state index in [1.54, 1.807) is 35.2 Å². The number of thiazole rings is 1. The van der Waals surface area contributed by atoms with Crippen molar-refractivity contribution in [3.8, 4) is 6.07 Å². The van der Waals surface area contributed by atoms with E-state index in [1.165, 1.54) is 17.5 Å². The Morgan fingerprint density at radius 2 is 2.19 bits per heavy atom. The lowest BCUT2D eigenvalue weighted by Gasteiger charge is -2.00. The number of nitrogens with zero attached hydrogens (tertiary/aromatic N) is 5. The van der Waals surface area contributed by atoms with E-state index in [4.69, 9.17) is 5.26 Å². The molecule has 0 saturated heterocycles. The third-order valence-electron chi connectivity index (χ3n) is 3.73. The second-order valence-corrected chi connectivity index (χ2v) is 6.64. The van der Waals surface area contributed by atoms with Gasteiger partial charge in [0, 0.05) is 29.9 Å². The van der Waals surface area contributed by atoms with Gasteiger partial charge < -0.3 is 0 Å². The van der Waals surface area contributed by atoms with E-state index in [2.05, 4.69) is 26.5 Å². The highest BCUT2D eigenvalue weighted by atomic mass is 32.1. The van der Waals surface area contributed by atoms with Crippen LogP contribution < -0.4 is 5.32 Å². The Balaban J connectivity index is 1.49. The SMILES string of the molecule is N#Cc1cccc(Cc2cnc(NC(=O)c3cnn4cccnc34)s2)c1. The molecule has 7 nitrogen and oxygen atoms in total. The fourth-order valence-corrected chi connectivity index (χ4v) is 3.39. The first-order valence-corrected chi connectivity index (χ1v) is 8.58. The average Bonchev–Trinajstić information content (AvgIpc) is 3.28. The van der Waals surface area contributed by atoms with Crippen LogP contribution in [0.3, 0.4) is 0 Å². The molecular weight excluding hydrogens is 348 g/mol. The molecule has 1 aromatic carbocycles. The van der Waals surface area contributed by atoms with Gasteiger partial charge in [0.2, 0.25) is 0 Å². The van der Waals surface area contributed by atoms with Gasteiger partial charge in [0.1, 0.15) is 5.56 Å². The van der Waals surface area contributed by atoms with Crippen molar-refractivity contribution < 1.29 is 4.79 Å². The van der Waals surface area contributed by atoms with Crippen LogP contribution >= 0.6 is 11.3 Å². The van der Waals surface area contributed by atoms with E-state index in [1.807, 2.05) is 18.2 Å². The van der Waals surface area contributed by atoms with Crippen molar-refractivity contribution in [3.63, 3.8) is 0 Å². The fourth-order valence-electron chi connectivity index (χ4n) is 2.55. The van der Waals surface area contributed by atoms with E-state index in [9.17, 15) is 4.79 Å². The quantitative estimate of drug-likeness (QED) is 0.604. The molecule has 0 bridgehead atoms. The van der Waals surface area contributed by atoms with Gasteiger partial charge in [-0.2, -0.15) is 10.4 Å². The Kier molecular flexibility index (Phi) is 4.13. The molecule has 0 radical (unpaired) electrons. The van der Waals surface area contributed by atoms with Gasteiger partial charge in [-0.3, -0.25) is 10.1 Å². The summed E-state index contributed by atoms with van der Waals surface area (Å²) >= 11 is 1.40. The molecule has 4 aromatic rings. The summed E-state index contributed by atoms with van der Waals surface area (Å²) in [6.07, 6.45) is 7.22. The molecule has 8 heteroatoms. The van der Waals surface area contributed by atoms with Gasteiger partial charge in [-0.25, -0.2) is 14.5 Å². The number of carbonyl (C=O) groups is 1. The highest BCUT2D eigenvalue weighted by Gasteiger charge is 2.15. The number of hydrogen-bond acceptors (Lipinski definition) is 6. The Hall–Kier alpha value is -3.57. The number of anilines is 1. The normalized spacial score (nSPS) is 10.6. The Labute approximate surface area is 152 Å². The van der Waals surface area contributed by atoms with Crippen molar-refractivity contribution in [2.75, 3.05) is 5.32 Å². The van der Waals surface area contributed by atoms with Crippen molar-refractivity contribution in [1.82, 2.24) is 19.6 Å². The number of benzene rings is 1. The molecule has 0 aliphatic carbocycles. The molecular formula is C18H12N6OS. The number of fused-ring (bicyclic) bond motifs is 1. The second-order valence-electron chi connectivity index (χ2n) is 5.52. The van der Waals surface area contributed by atoms with Crippen molar-refractivity contribution in [1.29, 1.82) is 5.26 Å². The van der Waals surface area contributed by atoms with Crippen LogP contribution in [0.4, 0.5) is 5.13 Å². The minimum Gasteiger partial charge on any atom is -0.298 e. The van der Waals surface area contributed by atoms with E-state index in [0.717, 1.165) is 10.4 Å². The predicted octanol–water partition coefficient (Wildman–Crippen LogP) is 2.90. The number of nitrogens with one attached hydrogen (secondary N) is 1. The topological polar surface area (TPSA) is 96.0 Å². The highest BCUT2D eigenvalue weighted by molar-refractivity contribution is 7.15. The number of rotatable bonds is 4. The summed E-state index contributed by atoms with van der Waals surface area (Å²) in [5.41, 5.74) is 2.54. The third kappa shape index (κ3) is 3.16. The third-order valence-corrected chi connectivity index (χ3v) is 4.65. The maximum Gasteiger partial charge on any atom is 0.262 e. The van der Waals surface area contributed by atoms with E-state index in [-0.39, 0.29) is 5.91 Å². The summed E-state index contributed by atoms with van der Waals surface area (Å²) in [5, 5.41) is 16.4. The van der Waals surface area contributed by atoms with E-state index >= 15 is 0 Å². The minimum atomic E-state index is -0.300. The Bertz CT molecular complexity index is 1140. The zero-order valence-electron chi connectivity index (χ0n) is 13.5. The maximum absolute atomic E-state index is 12.5. The van der Waals surface area contributed by atoms with Gasteiger partial charge in [-0.05, 0) is 23.8 Å². The number of carbonyl (C=O) groups excluding carboxylic acids is 1. The van der Waals surface area contributed by atoms with Gasteiger partial charge in [0.05, 0.1) is 17.8 Å². The molecule has 0 saturated carbocycles. The molecule has 0 spiro atoms. The molecule has 0 atom stereocenters. The molecule has 3 heterocycles. The molecule has 26 heavy (non-hydrogen) atoms. The summed E-state index contributed by atoms with van der Waals surface area (Å²) < 4.78 is 1.55. The lowest BCUT2D eigenvalue weighted by Crippen LogP contribution is -2.11. The first-order chi connectivity index (χ1) is 12.7. The van der Waals surface area contributed by atoms with Crippen LogP contribution in [-0.4, -0.2) is 25.5 Å².